The van der Waals surface area contributed by atoms with E-state index in [0.717, 1.165) is 12.0 Å². The van der Waals surface area contributed by atoms with E-state index >= 15 is 0 Å². The molecule has 0 fully saturated rings. The fourth-order valence-corrected chi connectivity index (χ4v) is 1.68. The van der Waals surface area contributed by atoms with Crippen LogP contribution >= 0.6 is 0 Å². The van der Waals surface area contributed by atoms with E-state index in [-0.39, 0.29) is 17.4 Å². The standard InChI is InChI=1S/C14H16N4O3/c1-3-9-4-5-11(12(6-9)20-2)21-13-8-16-10(7-17-13)14(15)18-19/h4-8,19H,3H2,1-2H3,(H2,15,18). The molecule has 0 saturated carbocycles. The molecule has 7 heteroatoms. The van der Waals surface area contributed by atoms with E-state index in [1.54, 1.807) is 7.11 Å². The van der Waals surface area contributed by atoms with Crippen LogP contribution in [0.3, 0.4) is 0 Å². The van der Waals surface area contributed by atoms with Gasteiger partial charge < -0.3 is 20.4 Å². The molecule has 0 unspecified atom stereocenters. The molecule has 0 spiro atoms. The van der Waals surface area contributed by atoms with E-state index in [2.05, 4.69) is 22.0 Å². The van der Waals surface area contributed by atoms with Gasteiger partial charge in [0.1, 0.15) is 5.69 Å². The number of methoxy groups -OCH3 is 1. The van der Waals surface area contributed by atoms with Crippen molar-refractivity contribution >= 4 is 5.84 Å². The molecular formula is C14H16N4O3. The maximum absolute atomic E-state index is 8.56. The molecule has 1 aromatic carbocycles. The van der Waals surface area contributed by atoms with Gasteiger partial charge in [0, 0.05) is 0 Å². The lowest BCUT2D eigenvalue weighted by Gasteiger charge is -2.10. The topological polar surface area (TPSA) is 103 Å². The molecular weight excluding hydrogens is 272 g/mol. The Hall–Kier alpha value is -2.83. The Kier molecular flexibility index (Phi) is 4.55. The van der Waals surface area contributed by atoms with Gasteiger partial charge in [-0.2, -0.15) is 0 Å². The zero-order chi connectivity index (χ0) is 15.2. The predicted octanol–water partition coefficient (Wildman–Crippen LogP) is 1.93. The Morgan fingerprint density at radius 1 is 1.29 bits per heavy atom. The first-order valence-corrected chi connectivity index (χ1v) is 6.32. The number of nitrogens with two attached hydrogens (primary N) is 1. The fraction of sp³-hybridized carbons (Fsp3) is 0.214. The van der Waals surface area contributed by atoms with Gasteiger partial charge in [-0.1, -0.05) is 18.1 Å². The first-order chi connectivity index (χ1) is 10.2. The molecule has 7 nitrogen and oxygen atoms in total. The van der Waals surface area contributed by atoms with Crippen LogP contribution in [0.5, 0.6) is 17.4 Å². The molecule has 0 saturated heterocycles. The Bertz CT molecular complexity index is 641. The summed E-state index contributed by atoms with van der Waals surface area (Å²) in [6.45, 7) is 2.06. The highest BCUT2D eigenvalue weighted by Gasteiger charge is 2.08. The summed E-state index contributed by atoms with van der Waals surface area (Å²) in [5.41, 5.74) is 6.82. The Morgan fingerprint density at radius 2 is 2.10 bits per heavy atom. The average Bonchev–Trinajstić information content (AvgIpc) is 2.55. The Labute approximate surface area is 122 Å². The largest absolute Gasteiger partial charge is 0.493 e. The van der Waals surface area contributed by atoms with Gasteiger partial charge in [-0.15, -0.1) is 0 Å². The first-order valence-electron chi connectivity index (χ1n) is 6.32. The number of aryl methyl sites for hydroxylation is 1. The third kappa shape index (κ3) is 3.38. The van der Waals surface area contributed by atoms with Crippen molar-refractivity contribution in [2.75, 3.05) is 7.11 Å². The Morgan fingerprint density at radius 3 is 2.67 bits per heavy atom. The number of ether oxygens (including phenoxy) is 2. The molecule has 0 radical (unpaired) electrons. The third-order valence-corrected chi connectivity index (χ3v) is 2.85. The third-order valence-electron chi connectivity index (χ3n) is 2.85. The lowest BCUT2D eigenvalue weighted by Crippen LogP contribution is -2.15. The summed E-state index contributed by atoms with van der Waals surface area (Å²) in [5, 5.41) is 11.4. The molecule has 1 heterocycles. The molecule has 0 amide bonds. The van der Waals surface area contributed by atoms with E-state index in [1.165, 1.54) is 12.4 Å². The van der Waals surface area contributed by atoms with E-state index in [4.69, 9.17) is 20.4 Å². The number of rotatable bonds is 5. The van der Waals surface area contributed by atoms with Gasteiger partial charge in [-0.3, -0.25) is 0 Å². The van der Waals surface area contributed by atoms with E-state index in [9.17, 15) is 0 Å². The van der Waals surface area contributed by atoms with Crippen LogP contribution in [0.4, 0.5) is 0 Å². The zero-order valence-corrected chi connectivity index (χ0v) is 11.8. The van der Waals surface area contributed by atoms with Crippen LogP contribution in [0.1, 0.15) is 18.2 Å². The zero-order valence-electron chi connectivity index (χ0n) is 11.8. The summed E-state index contributed by atoms with van der Waals surface area (Å²) in [6.07, 6.45) is 3.66. The number of nitrogens with zero attached hydrogens (tertiary/aromatic N) is 3. The minimum Gasteiger partial charge on any atom is -0.493 e. The minimum absolute atomic E-state index is 0.112. The highest BCUT2D eigenvalue weighted by molar-refractivity contribution is 5.94. The van der Waals surface area contributed by atoms with Gasteiger partial charge in [0.15, 0.2) is 17.3 Å². The number of hydrogen-bond acceptors (Lipinski definition) is 6. The maximum atomic E-state index is 8.56. The van der Waals surface area contributed by atoms with Gasteiger partial charge >= 0.3 is 0 Å². The highest BCUT2D eigenvalue weighted by atomic mass is 16.5. The van der Waals surface area contributed by atoms with Gasteiger partial charge in [-0.25, -0.2) is 9.97 Å². The van der Waals surface area contributed by atoms with Crippen molar-refractivity contribution in [2.45, 2.75) is 13.3 Å². The fourth-order valence-electron chi connectivity index (χ4n) is 1.68. The summed E-state index contributed by atoms with van der Waals surface area (Å²) in [5.74, 6) is 1.34. The van der Waals surface area contributed by atoms with Crippen LogP contribution in [0, 0.1) is 0 Å². The monoisotopic (exact) mass is 288 g/mol. The second kappa shape index (κ2) is 6.56. The molecule has 110 valence electrons. The second-order valence-corrected chi connectivity index (χ2v) is 4.17. The first kappa shape index (κ1) is 14.6. The van der Waals surface area contributed by atoms with Gasteiger partial charge in [0.2, 0.25) is 5.88 Å². The van der Waals surface area contributed by atoms with Gasteiger partial charge in [0.05, 0.1) is 19.5 Å². The summed E-state index contributed by atoms with van der Waals surface area (Å²) < 4.78 is 10.9. The van der Waals surface area contributed by atoms with E-state index in [1.807, 2.05) is 18.2 Å². The van der Waals surface area contributed by atoms with Crippen molar-refractivity contribution in [2.24, 2.45) is 10.9 Å². The lowest BCUT2D eigenvalue weighted by atomic mass is 10.1. The second-order valence-electron chi connectivity index (χ2n) is 4.17. The molecule has 0 aliphatic rings. The lowest BCUT2D eigenvalue weighted by molar-refractivity contribution is 0.318. The number of oxime groups is 1. The number of hydrogen-bond donors (Lipinski definition) is 2. The number of amidine groups is 1. The van der Waals surface area contributed by atoms with Crippen molar-refractivity contribution in [3.05, 3.63) is 41.9 Å². The van der Waals surface area contributed by atoms with Crippen LogP contribution in [-0.2, 0) is 6.42 Å². The van der Waals surface area contributed by atoms with Gasteiger partial charge in [0.25, 0.3) is 0 Å². The number of aromatic nitrogens is 2. The molecule has 0 aliphatic carbocycles. The van der Waals surface area contributed by atoms with Crippen LogP contribution in [0.15, 0.2) is 35.7 Å². The van der Waals surface area contributed by atoms with Crippen molar-refractivity contribution < 1.29 is 14.7 Å². The summed E-state index contributed by atoms with van der Waals surface area (Å²) in [6, 6.07) is 5.68. The summed E-state index contributed by atoms with van der Waals surface area (Å²) >= 11 is 0. The van der Waals surface area contributed by atoms with Crippen molar-refractivity contribution in [1.29, 1.82) is 0 Å². The van der Waals surface area contributed by atoms with Crippen LogP contribution in [0.2, 0.25) is 0 Å². The van der Waals surface area contributed by atoms with Crippen molar-refractivity contribution in [3.8, 4) is 17.4 Å². The van der Waals surface area contributed by atoms with Crippen molar-refractivity contribution in [1.82, 2.24) is 9.97 Å². The summed E-state index contributed by atoms with van der Waals surface area (Å²) in [7, 11) is 1.58. The molecule has 0 bridgehead atoms. The molecule has 3 N–H and O–H groups in total. The number of benzene rings is 1. The van der Waals surface area contributed by atoms with Crippen LogP contribution in [-0.4, -0.2) is 28.1 Å². The molecule has 0 atom stereocenters. The maximum Gasteiger partial charge on any atom is 0.238 e. The van der Waals surface area contributed by atoms with Crippen LogP contribution in [0.25, 0.3) is 0 Å². The van der Waals surface area contributed by atoms with E-state index in [0.29, 0.717) is 11.5 Å². The SMILES string of the molecule is CCc1ccc(Oc2cnc(/C(N)=N/O)cn2)c(OC)c1. The average molecular weight is 288 g/mol. The molecule has 2 aromatic rings. The molecule has 1 aromatic heterocycles. The molecule has 21 heavy (non-hydrogen) atoms. The molecule has 2 rings (SSSR count). The summed E-state index contributed by atoms with van der Waals surface area (Å²) in [4.78, 5) is 8.04. The van der Waals surface area contributed by atoms with Gasteiger partial charge in [-0.05, 0) is 24.1 Å². The smallest absolute Gasteiger partial charge is 0.238 e. The quantitative estimate of drug-likeness (QED) is 0.377. The Balaban J connectivity index is 2.22. The minimum atomic E-state index is -0.112. The normalized spacial score (nSPS) is 11.2. The van der Waals surface area contributed by atoms with E-state index < -0.39 is 0 Å². The van der Waals surface area contributed by atoms with Crippen LogP contribution < -0.4 is 15.2 Å². The van der Waals surface area contributed by atoms with Crippen molar-refractivity contribution in [3.63, 3.8) is 0 Å². The predicted molar refractivity (Wildman–Crippen MR) is 77.0 cm³/mol. The highest BCUT2D eigenvalue weighted by Crippen LogP contribution is 2.31. The molecule has 0 aliphatic heterocycles.